The summed E-state index contributed by atoms with van der Waals surface area (Å²) in [4.78, 5) is 36.4. The summed E-state index contributed by atoms with van der Waals surface area (Å²) in [7, 11) is 0. The molecule has 0 radical (unpaired) electrons. The largest absolute Gasteiger partial charge is 0.384 e. The molecule has 0 aliphatic heterocycles. The number of nitrogen functional groups attached to an aromatic ring is 1. The Hall–Kier alpha value is -4.72. The van der Waals surface area contributed by atoms with Crippen molar-refractivity contribution >= 4 is 28.4 Å². The molecule has 3 aromatic heterocycles. The highest BCUT2D eigenvalue weighted by Crippen LogP contribution is 2.24. The van der Waals surface area contributed by atoms with Crippen LogP contribution in [0, 0.1) is 0 Å². The molecule has 0 atom stereocenters. The zero-order chi connectivity index (χ0) is 22.8. The highest BCUT2D eigenvalue weighted by molar-refractivity contribution is 6.03. The molecule has 0 saturated heterocycles. The van der Waals surface area contributed by atoms with Crippen LogP contribution in [0.25, 0.3) is 21.9 Å². The van der Waals surface area contributed by atoms with Crippen LogP contribution in [-0.4, -0.2) is 25.4 Å². The summed E-state index contributed by atoms with van der Waals surface area (Å²) in [5.74, 6) is 0.551. The summed E-state index contributed by atoms with van der Waals surface area (Å²) >= 11 is 0. The van der Waals surface area contributed by atoms with Gasteiger partial charge in [-0.1, -0.05) is 18.2 Å². The van der Waals surface area contributed by atoms with Crippen LogP contribution < -0.4 is 16.6 Å². The fraction of sp³-hybridized carbons (Fsp3) is 0.0400. The number of imidazole rings is 1. The summed E-state index contributed by atoms with van der Waals surface area (Å²) in [5.41, 5.74) is 8.93. The number of nitrogens with two attached hydrogens (primary N) is 1. The van der Waals surface area contributed by atoms with Crippen LogP contribution in [0.3, 0.4) is 0 Å². The summed E-state index contributed by atoms with van der Waals surface area (Å²) in [6, 6.07) is 18.5. The Balaban J connectivity index is 1.41. The van der Waals surface area contributed by atoms with E-state index in [9.17, 15) is 9.59 Å². The molecule has 5 aromatic rings. The second-order valence-electron chi connectivity index (χ2n) is 7.61. The van der Waals surface area contributed by atoms with Gasteiger partial charge in [0, 0.05) is 35.7 Å². The number of hydrogen-bond acceptors (Lipinski definition) is 5. The molecule has 4 N–H and O–H groups in total. The van der Waals surface area contributed by atoms with Gasteiger partial charge in [0.2, 0.25) is 5.95 Å². The van der Waals surface area contributed by atoms with Crippen LogP contribution in [0.4, 0.5) is 11.8 Å². The van der Waals surface area contributed by atoms with E-state index in [1.165, 1.54) is 0 Å². The van der Waals surface area contributed by atoms with Gasteiger partial charge in [0.15, 0.2) is 0 Å². The number of carbonyl (C=O) groups is 1. The second-order valence-corrected chi connectivity index (χ2v) is 7.61. The minimum Gasteiger partial charge on any atom is -0.384 e. The van der Waals surface area contributed by atoms with Gasteiger partial charge in [-0.05, 0) is 64.5 Å². The molecule has 2 aromatic carbocycles. The molecule has 0 aliphatic carbocycles. The number of hydrogen-bond donors (Lipinski definition) is 3. The van der Waals surface area contributed by atoms with E-state index < -0.39 is 0 Å². The van der Waals surface area contributed by atoms with E-state index in [1.807, 2.05) is 36.4 Å². The Bertz CT molecular complexity index is 1520. The van der Waals surface area contributed by atoms with Crippen molar-refractivity contribution in [3.05, 3.63) is 107 Å². The third kappa shape index (κ3) is 4.22. The van der Waals surface area contributed by atoms with Crippen LogP contribution in [-0.2, 0) is 6.54 Å². The van der Waals surface area contributed by atoms with Gasteiger partial charge in [0.1, 0.15) is 5.82 Å². The van der Waals surface area contributed by atoms with E-state index in [4.69, 9.17) is 5.73 Å². The summed E-state index contributed by atoms with van der Waals surface area (Å²) in [6.45, 7) is 0.347. The number of nitrogens with one attached hydrogen (secondary N) is 2. The number of carbonyl (C=O) groups excluding carboxylic acids is 1. The Kier molecular flexibility index (Phi) is 5.16. The lowest BCUT2D eigenvalue weighted by Crippen LogP contribution is -2.20. The van der Waals surface area contributed by atoms with Gasteiger partial charge in [-0.15, -0.1) is 0 Å². The fourth-order valence-electron chi connectivity index (χ4n) is 3.74. The lowest BCUT2D eigenvalue weighted by Gasteiger charge is -2.10. The van der Waals surface area contributed by atoms with E-state index in [-0.39, 0.29) is 11.5 Å². The third-order valence-electron chi connectivity index (χ3n) is 5.36. The number of benzene rings is 2. The Morgan fingerprint density at radius 3 is 2.70 bits per heavy atom. The smallest absolute Gasteiger partial charge is 0.258 e. The number of aromatic nitrogens is 4. The number of amides is 1. The molecule has 0 saturated carbocycles. The predicted molar refractivity (Wildman–Crippen MR) is 128 cm³/mol. The number of rotatable bonds is 5. The minimum absolute atomic E-state index is 0.0984. The van der Waals surface area contributed by atoms with Crippen LogP contribution in [0.5, 0.6) is 0 Å². The van der Waals surface area contributed by atoms with Gasteiger partial charge in [-0.25, -0.2) is 9.97 Å². The fourth-order valence-corrected chi connectivity index (χ4v) is 3.74. The number of H-pyrrole nitrogens is 1. The molecule has 0 bridgehead atoms. The first-order chi connectivity index (χ1) is 16.1. The number of fused-ring (bicyclic) bond motifs is 1. The summed E-state index contributed by atoms with van der Waals surface area (Å²) in [6.07, 6.45) is 6.63. The molecule has 5 rings (SSSR count). The molecule has 33 heavy (non-hydrogen) atoms. The molecular weight excluding hydrogens is 416 g/mol. The van der Waals surface area contributed by atoms with E-state index in [1.54, 1.807) is 53.6 Å². The summed E-state index contributed by atoms with van der Waals surface area (Å²) in [5, 5.41) is 4.16. The zero-order valence-corrected chi connectivity index (χ0v) is 17.5. The van der Waals surface area contributed by atoms with Crippen molar-refractivity contribution in [1.82, 2.24) is 19.5 Å². The summed E-state index contributed by atoms with van der Waals surface area (Å²) < 4.78 is 1.63. The SMILES string of the molecule is Nc1cc(-c2ccc3c(=O)n(Cc4cccc(C(=O)Nc5ncc[nH]5)c4)ccc3c2)ccn1. The molecule has 0 spiro atoms. The third-order valence-corrected chi connectivity index (χ3v) is 5.36. The first-order valence-corrected chi connectivity index (χ1v) is 10.3. The highest BCUT2D eigenvalue weighted by atomic mass is 16.1. The van der Waals surface area contributed by atoms with E-state index in [0.717, 1.165) is 22.1 Å². The molecule has 8 heteroatoms. The standard InChI is InChI=1S/C25H20N6O2/c26-22-14-18(6-8-27-22)17-4-5-21-19(13-17)7-11-31(24(21)33)15-16-2-1-3-20(12-16)23(32)30-25-28-9-10-29-25/h1-14H,15H2,(H2,26,27)(H2,28,29,30,32). The van der Waals surface area contributed by atoms with E-state index in [0.29, 0.717) is 29.3 Å². The normalized spacial score (nSPS) is 10.9. The van der Waals surface area contributed by atoms with Crippen molar-refractivity contribution in [2.75, 3.05) is 11.1 Å². The Labute approximate surface area is 188 Å². The average molecular weight is 436 g/mol. The first kappa shape index (κ1) is 20.2. The number of anilines is 2. The van der Waals surface area contributed by atoms with Crippen molar-refractivity contribution in [1.29, 1.82) is 0 Å². The van der Waals surface area contributed by atoms with Crippen LogP contribution in [0.15, 0.2) is 90.2 Å². The molecule has 0 fully saturated rings. The molecule has 1 amide bonds. The zero-order valence-electron chi connectivity index (χ0n) is 17.5. The Morgan fingerprint density at radius 1 is 1.00 bits per heavy atom. The van der Waals surface area contributed by atoms with Crippen molar-refractivity contribution in [3.8, 4) is 11.1 Å². The van der Waals surface area contributed by atoms with Gasteiger partial charge in [0.25, 0.3) is 11.5 Å². The van der Waals surface area contributed by atoms with Crippen molar-refractivity contribution in [2.24, 2.45) is 0 Å². The lowest BCUT2D eigenvalue weighted by molar-refractivity contribution is 0.102. The topological polar surface area (TPSA) is 119 Å². The van der Waals surface area contributed by atoms with Gasteiger partial charge < -0.3 is 15.3 Å². The van der Waals surface area contributed by atoms with Gasteiger partial charge in [-0.3, -0.25) is 14.9 Å². The van der Waals surface area contributed by atoms with Crippen molar-refractivity contribution < 1.29 is 4.79 Å². The first-order valence-electron chi connectivity index (χ1n) is 10.3. The van der Waals surface area contributed by atoms with Crippen LogP contribution in [0.2, 0.25) is 0 Å². The highest BCUT2D eigenvalue weighted by Gasteiger charge is 2.10. The number of aromatic amines is 1. The molecule has 162 valence electrons. The number of pyridine rings is 2. The van der Waals surface area contributed by atoms with Gasteiger partial charge >= 0.3 is 0 Å². The second kappa shape index (κ2) is 8.43. The van der Waals surface area contributed by atoms with Crippen molar-refractivity contribution in [3.63, 3.8) is 0 Å². The number of nitrogens with zero attached hydrogens (tertiary/aromatic N) is 3. The molecule has 0 aliphatic rings. The van der Waals surface area contributed by atoms with Gasteiger partial charge in [-0.2, -0.15) is 0 Å². The lowest BCUT2D eigenvalue weighted by atomic mass is 10.0. The van der Waals surface area contributed by atoms with E-state index in [2.05, 4.69) is 20.3 Å². The quantitative estimate of drug-likeness (QED) is 0.388. The Morgan fingerprint density at radius 2 is 1.88 bits per heavy atom. The minimum atomic E-state index is -0.276. The maximum Gasteiger partial charge on any atom is 0.258 e. The van der Waals surface area contributed by atoms with Crippen LogP contribution in [0.1, 0.15) is 15.9 Å². The molecule has 3 heterocycles. The maximum atomic E-state index is 13.1. The van der Waals surface area contributed by atoms with E-state index >= 15 is 0 Å². The monoisotopic (exact) mass is 436 g/mol. The predicted octanol–water partition coefficient (Wildman–Crippen LogP) is 3.67. The molecular formula is C25H20N6O2. The van der Waals surface area contributed by atoms with Gasteiger partial charge in [0.05, 0.1) is 6.54 Å². The maximum absolute atomic E-state index is 13.1. The van der Waals surface area contributed by atoms with Crippen molar-refractivity contribution in [2.45, 2.75) is 6.54 Å². The average Bonchev–Trinajstić information content (AvgIpc) is 3.34. The molecule has 8 nitrogen and oxygen atoms in total. The molecule has 0 unspecified atom stereocenters. The van der Waals surface area contributed by atoms with Crippen LogP contribution >= 0.6 is 0 Å².